The second-order valence-electron chi connectivity index (χ2n) is 5.94. The van der Waals surface area contributed by atoms with Gasteiger partial charge in [-0.2, -0.15) is 0 Å². The van der Waals surface area contributed by atoms with E-state index in [0.29, 0.717) is 18.8 Å². The molecule has 0 radical (unpaired) electrons. The Kier molecular flexibility index (Phi) is 5.73. The van der Waals surface area contributed by atoms with Crippen molar-refractivity contribution in [2.24, 2.45) is 0 Å². The van der Waals surface area contributed by atoms with Crippen LogP contribution < -0.4 is 20.3 Å². The van der Waals surface area contributed by atoms with E-state index < -0.39 is 0 Å². The van der Waals surface area contributed by atoms with Gasteiger partial charge in [0.1, 0.15) is 11.6 Å². The molecule has 1 aliphatic rings. The number of benzene rings is 1. The highest BCUT2D eigenvalue weighted by Crippen LogP contribution is 2.18. The smallest absolute Gasteiger partial charge is 0.321 e. The molecule has 8 heteroatoms. The van der Waals surface area contributed by atoms with Crippen LogP contribution in [0.4, 0.5) is 22.1 Å². The van der Waals surface area contributed by atoms with Gasteiger partial charge in [0, 0.05) is 44.5 Å². The number of methoxy groups -OCH3 is 1. The van der Waals surface area contributed by atoms with Crippen molar-refractivity contribution < 1.29 is 9.53 Å². The molecule has 2 heterocycles. The topological polar surface area (TPSA) is 82.6 Å². The molecule has 138 valence electrons. The number of anilines is 3. The largest absolute Gasteiger partial charge is 0.497 e. The van der Waals surface area contributed by atoms with E-state index >= 15 is 0 Å². The first kappa shape index (κ1) is 17.8. The quantitative estimate of drug-likeness (QED) is 0.855. The summed E-state index contributed by atoms with van der Waals surface area (Å²) < 4.78 is 5.18. The van der Waals surface area contributed by atoms with Gasteiger partial charge in [-0.1, -0.05) is 6.07 Å². The number of carbonyl (C=O) groups excluding carboxylic acids is 1. The lowest BCUT2D eigenvalue weighted by Gasteiger charge is -2.35. The molecule has 3 rings (SSSR count). The third-order valence-corrected chi connectivity index (χ3v) is 4.22. The number of amides is 2. The molecule has 1 saturated heterocycles. The van der Waals surface area contributed by atoms with Crippen LogP contribution >= 0.6 is 0 Å². The Hall–Kier alpha value is -3.03. The number of ether oxygens (including phenoxy) is 1. The van der Waals surface area contributed by atoms with Crippen molar-refractivity contribution in [3.05, 3.63) is 36.4 Å². The summed E-state index contributed by atoms with van der Waals surface area (Å²) in [7, 11) is 1.61. The van der Waals surface area contributed by atoms with Crippen LogP contribution in [0.3, 0.4) is 0 Å². The summed E-state index contributed by atoms with van der Waals surface area (Å²) in [4.78, 5) is 16.4. The molecule has 0 spiro atoms. The van der Waals surface area contributed by atoms with Crippen LogP contribution in [0.15, 0.2) is 36.4 Å². The molecule has 8 nitrogen and oxygen atoms in total. The van der Waals surface area contributed by atoms with Crippen molar-refractivity contribution in [2.45, 2.75) is 6.92 Å². The van der Waals surface area contributed by atoms with Crippen molar-refractivity contribution in [1.82, 2.24) is 15.1 Å². The average molecular weight is 356 g/mol. The van der Waals surface area contributed by atoms with E-state index in [0.717, 1.165) is 37.0 Å². The maximum Gasteiger partial charge on any atom is 0.321 e. The second-order valence-corrected chi connectivity index (χ2v) is 5.94. The Morgan fingerprint density at radius 3 is 2.62 bits per heavy atom. The lowest BCUT2D eigenvalue weighted by Crippen LogP contribution is -2.50. The van der Waals surface area contributed by atoms with Gasteiger partial charge in [-0.15, -0.1) is 10.2 Å². The Morgan fingerprint density at radius 2 is 1.96 bits per heavy atom. The van der Waals surface area contributed by atoms with E-state index in [-0.39, 0.29) is 6.03 Å². The minimum Gasteiger partial charge on any atom is -0.497 e. The lowest BCUT2D eigenvalue weighted by molar-refractivity contribution is 0.208. The maximum absolute atomic E-state index is 12.4. The van der Waals surface area contributed by atoms with Gasteiger partial charge in [-0.3, -0.25) is 0 Å². The molecule has 2 aromatic rings. The maximum atomic E-state index is 12.4. The number of hydrogen-bond donors (Lipinski definition) is 2. The summed E-state index contributed by atoms with van der Waals surface area (Å²) in [5.74, 6) is 2.32. The molecular formula is C18H24N6O2. The number of carbonyl (C=O) groups is 1. The molecule has 0 atom stereocenters. The summed E-state index contributed by atoms with van der Waals surface area (Å²) in [6.45, 7) is 5.54. The molecule has 0 aliphatic carbocycles. The molecular weight excluding hydrogens is 332 g/mol. The fraction of sp³-hybridized carbons (Fsp3) is 0.389. The number of urea groups is 1. The SMILES string of the molecule is CCNc1ccc(N2CCN(C(=O)Nc3cccc(OC)c3)CC2)nn1. The van der Waals surface area contributed by atoms with Crippen LogP contribution in [0.2, 0.25) is 0 Å². The minimum atomic E-state index is -0.105. The van der Waals surface area contributed by atoms with Gasteiger partial charge >= 0.3 is 6.03 Å². The van der Waals surface area contributed by atoms with Crippen molar-refractivity contribution in [3.8, 4) is 5.75 Å². The average Bonchev–Trinajstić information content (AvgIpc) is 2.69. The molecule has 0 bridgehead atoms. The van der Waals surface area contributed by atoms with E-state index in [1.807, 2.05) is 37.3 Å². The van der Waals surface area contributed by atoms with Crippen molar-refractivity contribution in [1.29, 1.82) is 0 Å². The highest BCUT2D eigenvalue weighted by atomic mass is 16.5. The van der Waals surface area contributed by atoms with Gasteiger partial charge in [0.05, 0.1) is 7.11 Å². The van der Waals surface area contributed by atoms with Gasteiger partial charge in [-0.05, 0) is 31.2 Å². The molecule has 1 aromatic heterocycles. The van der Waals surface area contributed by atoms with E-state index in [4.69, 9.17) is 4.74 Å². The van der Waals surface area contributed by atoms with E-state index in [1.54, 1.807) is 18.1 Å². The zero-order chi connectivity index (χ0) is 18.4. The Labute approximate surface area is 153 Å². The standard InChI is InChI=1S/C18H24N6O2/c1-3-19-16-7-8-17(22-21-16)23-9-11-24(12-10-23)18(25)20-14-5-4-6-15(13-14)26-2/h4-8,13H,3,9-12H2,1-2H3,(H,19,21)(H,20,25). The molecule has 1 aromatic carbocycles. The number of nitrogens with one attached hydrogen (secondary N) is 2. The number of rotatable bonds is 5. The molecule has 26 heavy (non-hydrogen) atoms. The predicted molar refractivity (Wildman–Crippen MR) is 102 cm³/mol. The Morgan fingerprint density at radius 1 is 1.15 bits per heavy atom. The normalized spacial score (nSPS) is 14.1. The van der Waals surface area contributed by atoms with E-state index in [9.17, 15) is 4.79 Å². The van der Waals surface area contributed by atoms with Crippen LogP contribution in [-0.2, 0) is 0 Å². The van der Waals surface area contributed by atoms with Gasteiger partial charge < -0.3 is 25.2 Å². The van der Waals surface area contributed by atoms with Gasteiger partial charge in [0.2, 0.25) is 0 Å². The van der Waals surface area contributed by atoms with Crippen LogP contribution in [-0.4, -0.2) is 61.0 Å². The molecule has 2 N–H and O–H groups in total. The highest BCUT2D eigenvalue weighted by Gasteiger charge is 2.22. The Bertz CT molecular complexity index is 729. The lowest BCUT2D eigenvalue weighted by atomic mass is 10.3. The third kappa shape index (κ3) is 4.33. The van der Waals surface area contributed by atoms with Crippen molar-refractivity contribution in [2.75, 3.05) is 55.4 Å². The number of nitrogens with zero attached hydrogens (tertiary/aromatic N) is 4. The zero-order valence-corrected chi connectivity index (χ0v) is 15.1. The minimum absolute atomic E-state index is 0.105. The van der Waals surface area contributed by atoms with Gasteiger partial charge in [0.25, 0.3) is 0 Å². The molecule has 1 aliphatic heterocycles. The molecule has 0 saturated carbocycles. The van der Waals surface area contributed by atoms with E-state index in [1.165, 1.54) is 0 Å². The van der Waals surface area contributed by atoms with Crippen LogP contribution in [0.1, 0.15) is 6.92 Å². The highest BCUT2D eigenvalue weighted by molar-refractivity contribution is 5.89. The summed E-state index contributed by atoms with van der Waals surface area (Å²) >= 11 is 0. The number of aromatic nitrogens is 2. The van der Waals surface area contributed by atoms with E-state index in [2.05, 4.69) is 25.7 Å². The summed E-state index contributed by atoms with van der Waals surface area (Å²) in [6.07, 6.45) is 0. The summed E-state index contributed by atoms with van der Waals surface area (Å²) in [5, 5.41) is 14.5. The Balaban J connectivity index is 1.53. The monoisotopic (exact) mass is 356 g/mol. The summed E-state index contributed by atoms with van der Waals surface area (Å²) in [6, 6.07) is 11.1. The van der Waals surface area contributed by atoms with Crippen molar-refractivity contribution >= 4 is 23.4 Å². The fourth-order valence-corrected chi connectivity index (χ4v) is 2.81. The van der Waals surface area contributed by atoms with Gasteiger partial charge in [-0.25, -0.2) is 4.79 Å². The predicted octanol–water partition coefficient (Wildman–Crippen LogP) is 2.27. The zero-order valence-electron chi connectivity index (χ0n) is 15.1. The molecule has 2 amide bonds. The number of piperazine rings is 1. The van der Waals surface area contributed by atoms with Crippen LogP contribution in [0.5, 0.6) is 5.75 Å². The third-order valence-electron chi connectivity index (χ3n) is 4.22. The van der Waals surface area contributed by atoms with Crippen molar-refractivity contribution in [3.63, 3.8) is 0 Å². The fourth-order valence-electron chi connectivity index (χ4n) is 2.81. The van der Waals surface area contributed by atoms with Crippen LogP contribution in [0.25, 0.3) is 0 Å². The first-order chi connectivity index (χ1) is 12.7. The molecule has 1 fully saturated rings. The number of hydrogen-bond acceptors (Lipinski definition) is 6. The second kappa shape index (κ2) is 8.37. The molecule has 0 unspecified atom stereocenters. The van der Waals surface area contributed by atoms with Crippen LogP contribution in [0, 0.1) is 0 Å². The van der Waals surface area contributed by atoms with Gasteiger partial charge in [0.15, 0.2) is 5.82 Å². The first-order valence-corrected chi connectivity index (χ1v) is 8.72. The summed E-state index contributed by atoms with van der Waals surface area (Å²) in [5.41, 5.74) is 0.724. The first-order valence-electron chi connectivity index (χ1n) is 8.72.